The fraction of sp³-hybridized carbons (Fsp3) is 0.130. The largest absolute Gasteiger partial charge is 0.497 e. The summed E-state index contributed by atoms with van der Waals surface area (Å²) in [5, 5.41) is 23.9. The van der Waals surface area contributed by atoms with Gasteiger partial charge in [0.1, 0.15) is 12.4 Å². The lowest BCUT2D eigenvalue weighted by atomic mass is 10.2. The van der Waals surface area contributed by atoms with E-state index in [2.05, 4.69) is 30.8 Å². The van der Waals surface area contributed by atoms with Gasteiger partial charge in [0, 0.05) is 11.6 Å². The van der Waals surface area contributed by atoms with Gasteiger partial charge in [0.05, 0.1) is 25.5 Å². The molecule has 0 aliphatic carbocycles. The topological polar surface area (TPSA) is 121 Å². The molecule has 0 aliphatic heterocycles. The Hall–Kier alpha value is -4.80. The van der Waals surface area contributed by atoms with E-state index in [1.165, 1.54) is 11.0 Å². The SMILES string of the molecule is COc1ccc(-c2nnc3ccc(OCCNC(=O)c4cnn(-c5ccccc5)n4)nn23)cc1. The first-order valence-electron chi connectivity index (χ1n) is 10.5. The third-order valence-corrected chi connectivity index (χ3v) is 4.94. The van der Waals surface area contributed by atoms with Gasteiger partial charge < -0.3 is 14.8 Å². The highest BCUT2D eigenvalue weighted by molar-refractivity contribution is 5.91. The average molecular weight is 456 g/mol. The van der Waals surface area contributed by atoms with E-state index >= 15 is 0 Å². The fourth-order valence-electron chi connectivity index (χ4n) is 3.23. The second-order valence-corrected chi connectivity index (χ2v) is 7.15. The number of methoxy groups -OCH3 is 1. The smallest absolute Gasteiger partial charge is 0.273 e. The molecule has 3 heterocycles. The zero-order chi connectivity index (χ0) is 23.3. The van der Waals surface area contributed by atoms with Gasteiger partial charge in [-0.1, -0.05) is 18.2 Å². The van der Waals surface area contributed by atoms with Gasteiger partial charge in [-0.05, 0) is 42.5 Å². The molecule has 0 aliphatic rings. The Bertz CT molecular complexity index is 1410. The minimum atomic E-state index is -0.338. The highest BCUT2D eigenvalue weighted by Gasteiger charge is 2.12. The third-order valence-electron chi connectivity index (χ3n) is 4.94. The number of para-hydroxylation sites is 1. The van der Waals surface area contributed by atoms with Crippen LogP contribution in [0.3, 0.4) is 0 Å². The maximum Gasteiger partial charge on any atom is 0.273 e. The van der Waals surface area contributed by atoms with Crippen molar-refractivity contribution in [1.82, 2.24) is 40.1 Å². The number of benzene rings is 2. The second kappa shape index (κ2) is 9.36. The Morgan fingerprint density at radius 3 is 2.59 bits per heavy atom. The molecule has 0 bridgehead atoms. The molecule has 0 saturated carbocycles. The van der Waals surface area contributed by atoms with Crippen molar-refractivity contribution in [3.63, 3.8) is 0 Å². The number of amides is 1. The average Bonchev–Trinajstić information content (AvgIpc) is 3.55. The second-order valence-electron chi connectivity index (χ2n) is 7.15. The van der Waals surface area contributed by atoms with Gasteiger partial charge in [-0.15, -0.1) is 20.4 Å². The van der Waals surface area contributed by atoms with Crippen LogP contribution in [0, 0.1) is 0 Å². The predicted molar refractivity (Wildman–Crippen MR) is 122 cm³/mol. The van der Waals surface area contributed by atoms with E-state index < -0.39 is 0 Å². The van der Waals surface area contributed by atoms with Crippen LogP contribution < -0.4 is 14.8 Å². The number of carbonyl (C=O) groups excluding carboxylic acids is 1. The first-order valence-corrected chi connectivity index (χ1v) is 10.5. The Morgan fingerprint density at radius 2 is 1.79 bits per heavy atom. The van der Waals surface area contributed by atoms with E-state index in [-0.39, 0.29) is 24.8 Å². The quantitative estimate of drug-likeness (QED) is 0.353. The number of carbonyl (C=O) groups is 1. The van der Waals surface area contributed by atoms with Crippen molar-refractivity contribution in [1.29, 1.82) is 0 Å². The maximum atomic E-state index is 12.4. The Labute approximate surface area is 194 Å². The van der Waals surface area contributed by atoms with Crippen LogP contribution in [0.5, 0.6) is 11.6 Å². The van der Waals surface area contributed by atoms with Crippen LogP contribution >= 0.6 is 0 Å². The van der Waals surface area contributed by atoms with Gasteiger partial charge in [0.2, 0.25) is 5.88 Å². The molecule has 3 aromatic heterocycles. The maximum absolute atomic E-state index is 12.4. The fourth-order valence-corrected chi connectivity index (χ4v) is 3.23. The molecular weight excluding hydrogens is 436 g/mol. The number of nitrogens with zero attached hydrogens (tertiary/aromatic N) is 7. The van der Waals surface area contributed by atoms with E-state index in [4.69, 9.17) is 9.47 Å². The molecule has 0 unspecified atom stereocenters. The van der Waals surface area contributed by atoms with Crippen LogP contribution in [-0.2, 0) is 0 Å². The molecule has 11 nitrogen and oxygen atoms in total. The van der Waals surface area contributed by atoms with Crippen molar-refractivity contribution in [2.75, 3.05) is 20.3 Å². The van der Waals surface area contributed by atoms with Gasteiger partial charge in [-0.2, -0.15) is 14.4 Å². The number of hydrogen-bond acceptors (Lipinski definition) is 8. The molecule has 170 valence electrons. The van der Waals surface area contributed by atoms with Gasteiger partial charge in [-0.25, -0.2) is 0 Å². The Morgan fingerprint density at radius 1 is 0.971 bits per heavy atom. The van der Waals surface area contributed by atoms with E-state index in [1.54, 1.807) is 23.8 Å². The molecule has 0 spiro atoms. The summed E-state index contributed by atoms with van der Waals surface area (Å²) in [7, 11) is 1.61. The molecule has 2 aromatic carbocycles. The molecule has 0 atom stereocenters. The van der Waals surface area contributed by atoms with E-state index in [9.17, 15) is 4.79 Å². The molecule has 5 rings (SSSR count). The standard InChI is InChI=1S/C23H20N8O3/c1-33-18-9-7-16(8-10-18)22-27-26-20-11-12-21(29-30(20)22)34-14-13-24-23(32)19-15-25-31(28-19)17-5-3-2-4-6-17/h2-12,15H,13-14H2,1H3,(H,24,32). The van der Waals surface area contributed by atoms with Crippen LogP contribution in [-0.4, -0.2) is 61.0 Å². The molecule has 0 radical (unpaired) electrons. The summed E-state index contributed by atoms with van der Waals surface area (Å²) in [4.78, 5) is 13.8. The first kappa shape index (κ1) is 21.1. The summed E-state index contributed by atoms with van der Waals surface area (Å²) in [6, 6.07) is 20.3. The number of rotatable bonds is 8. The Kier molecular flexibility index (Phi) is 5.80. The zero-order valence-electron chi connectivity index (χ0n) is 18.2. The highest BCUT2D eigenvalue weighted by atomic mass is 16.5. The van der Waals surface area contributed by atoms with Crippen LogP contribution in [0.2, 0.25) is 0 Å². The summed E-state index contributed by atoms with van der Waals surface area (Å²) < 4.78 is 12.5. The molecule has 34 heavy (non-hydrogen) atoms. The Balaban J connectivity index is 1.19. The van der Waals surface area contributed by atoms with Crippen molar-refractivity contribution in [2.24, 2.45) is 0 Å². The summed E-state index contributed by atoms with van der Waals surface area (Å²) in [6.07, 6.45) is 1.42. The van der Waals surface area contributed by atoms with E-state index in [0.29, 0.717) is 17.4 Å². The van der Waals surface area contributed by atoms with Crippen LogP contribution in [0.25, 0.3) is 22.7 Å². The summed E-state index contributed by atoms with van der Waals surface area (Å²) in [5.74, 6) is 1.37. The van der Waals surface area contributed by atoms with E-state index in [0.717, 1.165) is 17.0 Å². The first-order chi connectivity index (χ1) is 16.7. The van der Waals surface area contributed by atoms with Gasteiger partial charge >= 0.3 is 0 Å². The monoisotopic (exact) mass is 456 g/mol. The van der Waals surface area contributed by atoms with Crippen molar-refractivity contribution in [3.05, 3.63) is 78.6 Å². The number of fused-ring (bicyclic) bond motifs is 1. The lowest BCUT2D eigenvalue weighted by Gasteiger charge is -2.07. The van der Waals surface area contributed by atoms with Gasteiger partial charge in [-0.3, -0.25) is 4.79 Å². The summed E-state index contributed by atoms with van der Waals surface area (Å²) in [5.41, 5.74) is 2.42. The lowest BCUT2D eigenvalue weighted by Crippen LogP contribution is -2.28. The minimum Gasteiger partial charge on any atom is -0.497 e. The predicted octanol–water partition coefficient (Wildman–Crippen LogP) is 2.19. The number of aromatic nitrogens is 7. The highest BCUT2D eigenvalue weighted by Crippen LogP contribution is 2.21. The molecule has 1 amide bonds. The van der Waals surface area contributed by atoms with E-state index in [1.807, 2.05) is 54.6 Å². The molecule has 11 heteroatoms. The number of ether oxygens (including phenoxy) is 2. The zero-order valence-corrected chi connectivity index (χ0v) is 18.2. The molecular formula is C23H20N8O3. The summed E-state index contributed by atoms with van der Waals surface area (Å²) >= 11 is 0. The molecule has 5 aromatic rings. The molecule has 0 saturated heterocycles. The molecule has 0 fully saturated rings. The number of nitrogens with one attached hydrogen (secondary N) is 1. The number of hydrogen-bond donors (Lipinski definition) is 1. The third kappa shape index (κ3) is 4.39. The van der Waals surface area contributed by atoms with Crippen molar-refractivity contribution in [2.45, 2.75) is 0 Å². The van der Waals surface area contributed by atoms with Crippen LogP contribution in [0.1, 0.15) is 10.5 Å². The van der Waals surface area contributed by atoms with Crippen molar-refractivity contribution < 1.29 is 14.3 Å². The van der Waals surface area contributed by atoms with Gasteiger partial charge in [0.15, 0.2) is 17.2 Å². The van der Waals surface area contributed by atoms with Crippen LogP contribution in [0.4, 0.5) is 0 Å². The van der Waals surface area contributed by atoms with Crippen molar-refractivity contribution >= 4 is 11.6 Å². The molecule has 1 N–H and O–H groups in total. The normalized spacial score (nSPS) is 10.9. The van der Waals surface area contributed by atoms with Gasteiger partial charge in [0.25, 0.3) is 5.91 Å². The van der Waals surface area contributed by atoms with Crippen molar-refractivity contribution in [3.8, 4) is 28.7 Å². The van der Waals surface area contributed by atoms with Crippen LogP contribution in [0.15, 0.2) is 72.9 Å². The summed E-state index contributed by atoms with van der Waals surface area (Å²) in [6.45, 7) is 0.487. The lowest BCUT2D eigenvalue weighted by molar-refractivity contribution is 0.0941. The minimum absolute atomic E-state index is 0.219.